The molecule has 0 fully saturated rings. The second-order valence-corrected chi connectivity index (χ2v) is 6.61. The number of benzene rings is 2. The van der Waals surface area contributed by atoms with E-state index in [1.54, 1.807) is 12.1 Å². The normalized spacial score (nSPS) is 11.3. The maximum Gasteiger partial charge on any atom is 0.265 e. The molecule has 0 aromatic heterocycles. The summed E-state index contributed by atoms with van der Waals surface area (Å²) in [5.41, 5.74) is 8.15. The van der Waals surface area contributed by atoms with Gasteiger partial charge in [-0.3, -0.25) is 4.72 Å². The Balaban J connectivity index is 2.49. The zero-order valence-electron chi connectivity index (χ0n) is 11.1. The maximum absolute atomic E-state index is 12.4. The molecule has 2 aromatic carbocycles. The molecular formula is C14H15ClN2O2S. The lowest BCUT2D eigenvalue weighted by atomic mass is 10.1. The van der Waals surface area contributed by atoms with Crippen LogP contribution in [0.25, 0.3) is 0 Å². The van der Waals surface area contributed by atoms with E-state index in [1.807, 2.05) is 26.0 Å². The van der Waals surface area contributed by atoms with Crippen LogP contribution in [0.2, 0.25) is 5.02 Å². The second-order valence-electron chi connectivity index (χ2n) is 4.58. The molecule has 0 saturated carbocycles. The summed E-state index contributed by atoms with van der Waals surface area (Å²) >= 11 is 5.95. The Morgan fingerprint density at radius 3 is 2.50 bits per heavy atom. The van der Waals surface area contributed by atoms with Gasteiger partial charge < -0.3 is 5.73 Å². The van der Waals surface area contributed by atoms with E-state index in [2.05, 4.69) is 4.72 Å². The van der Waals surface area contributed by atoms with Crippen LogP contribution in [0.15, 0.2) is 41.3 Å². The Morgan fingerprint density at radius 2 is 1.85 bits per heavy atom. The number of sulfonamides is 1. The minimum absolute atomic E-state index is 0.0948. The Kier molecular flexibility index (Phi) is 3.92. The largest absolute Gasteiger partial charge is 0.398 e. The van der Waals surface area contributed by atoms with Crippen molar-refractivity contribution >= 4 is 33.0 Å². The van der Waals surface area contributed by atoms with Crippen molar-refractivity contribution in [3.63, 3.8) is 0 Å². The number of hydrogen-bond donors (Lipinski definition) is 2. The van der Waals surface area contributed by atoms with Gasteiger partial charge in [0.2, 0.25) is 0 Å². The van der Waals surface area contributed by atoms with E-state index in [-0.39, 0.29) is 15.6 Å². The second kappa shape index (κ2) is 5.34. The molecule has 2 aromatic rings. The van der Waals surface area contributed by atoms with Crippen LogP contribution in [0.5, 0.6) is 0 Å². The molecule has 106 valence electrons. The third kappa shape index (κ3) is 2.89. The van der Waals surface area contributed by atoms with Crippen LogP contribution in [0.4, 0.5) is 11.4 Å². The van der Waals surface area contributed by atoms with Gasteiger partial charge >= 0.3 is 0 Å². The molecule has 0 amide bonds. The minimum atomic E-state index is -3.82. The van der Waals surface area contributed by atoms with Crippen LogP contribution in [-0.4, -0.2) is 8.42 Å². The third-order valence-electron chi connectivity index (χ3n) is 2.90. The molecule has 0 aliphatic heterocycles. The van der Waals surface area contributed by atoms with Crippen molar-refractivity contribution in [1.82, 2.24) is 0 Å². The van der Waals surface area contributed by atoms with Crippen molar-refractivity contribution < 1.29 is 8.42 Å². The van der Waals surface area contributed by atoms with Crippen molar-refractivity contribution in [3.05, 3.63) is 52.5 Å². The summed E-state index contributed by atoms with van der Waals surface area (Å²) in [7, 11) is -3.82. The zero-order valence-corrected chi connectivity index (χ0v) is 12.7. The van der Waals surface area contributed by atoms with E-state index >= 15 is 0 Å². The molecule has 4 nitrogen and oxygen atoms in total. The van der Waals surface area contributed by atoms with E-state index in [0.29, 0.717) is 5.69 Å². The molecule has 0 saturated heterocycles. The highest BCUT2D eigenvalue weighted by molar-refractivity contribution is 7.93. The number of rotatable bonds is 3. The Morgan fingerprint density at radius 1 is 1.15 bits per heavy atom. The first kappa shape index (κ1) is 14.7. The van der Waals surface area contributed by atoms with Crippen molar-refractivity contribution in [2.24, 2.45) is 0 Å². The summed E-state index contributed by atoms with van der Waals surface area (Å²) in [6.07, 6.45) is 0. The Labute approximate surface area is 123 Å². The lowest BCUT2D eigenvalue weighted by Crippen LogP contribution is -2.16. The molecule has 0 aliphatic carbocycles. The van der Waals surface area contributed by atoms with Gasteiger partial charge in [0, 0.05) is 0 Å². The number of aryl methyl sites for hydroxylation is 2. The monoisotopic (exact) mass is 310 g/mol. The predicted octanol–water partition coefficient (Wildman–Crippen LogP) is 3.34. The average Bonchev–Trinajstić information content (AvgIpc) is 2.33. The fraction of sp³-hybridized carbons (Fsp3) is 0.143. The lowest BCUT2D eigenvalue weighted by molar-refractivity contribution is 0.601. The summed E-state index contributed by atoms with van der Waals surface area (Å²) in [6, 6.07) is 10.1. The fourth-order valence-corrected chi connectivity index (χ4v) is 3.65. The fourth-order valence-electron chi connectivity index (χ4n) is 1.85. The van der Waals surface area contributed by atoms with E-state index in [0.717, 1.165) is 11.1 Å². The number of nitrogens with one attached hydrogen (secondary N) is 1. The summed E-state index contributed by atoms with van der Waals surface area (Å²) in [4.78, 5) is -0.0948. The number of anilines is 2. The smallest absolute Gasteiger partial charge is 0.265 e. The molecule has 0 aliphatic rings. The number of hydrogen-bond acceptors (Lipinski definition) is 3. The van der Waals surface area contributed by atoms with E-state index in [9.17, 15) is 8.42 Å². The van der Waals surface area contributed by atoms with Gasteiger partial charge in [-0.1, -0.05) is 29.8 Å². The van der Waals surface area contributed by atoms with Crippen LogP contribution in [0, 0.1) is 13.8 Å². The molecule has 0 unspecified atom stereocenters. The van der Waals surface area contributed by atoms with Crippen LogP contribution >= 0.6 is 11.6 Å². The van der Waals surface area contributed by atoms with Crippen molar-refractivity contribution in [1.29, 1.82) is 0 Å². The zero-order chi connectivity index (χ0) is 14.9. The standard InChI is InChI=1S/C14H15ClN2O2S/c1-9-6-7-10(2)13(8-9)17-20(18,19)14-11(15)4-3-5-12(14)16/h3-8,17H,16H2,1-2H3. The first-order chi connectivity index (χ1) is 9.31. The van der Waals surface area contributed by atoms with E-state index in [1.165, 1.54) is 12.1 Å². The highest BCUT2D eigenvalue weighted by Gasteiger charge is 2.21. The van der Waals surface area contributed by atoms with Crippen LogP contribution < -0.4 is 10.5 Å². The van der Waals surface area contributed by atoms with Gasteiger partial charge in [0.15, 0.2) is 0 Å². The van der Waals surface area contributed by atoms with Gasteiger partial charge in [0.1, 0.15) is 4.90 Å². The highest BCUT2D eigenvalue weighted by atomic mass is 35.5. The molecule has 0 bridgehead atoms. The van der Waals surface area contributed by atoms with Crippen LogP contribution in [0.3, 0.4) is 0 Å². The SMILES string of the molecule is Cc1ccc(C)c(NS(=O)(=O)c2c(N)cccc2Cl)c1. The summed E-state index contributed by atoms with van der Waals surface area (Å²) in [5, 5.41) is 0.0998. The number of nitrogen functional groups attached to an aromatic ring is 1. The van der Waals surface area contributed by atoms with Gasteiger partial charge in [0.05, 0.1) is 16.4 Å². The summed E-state index contributed by atoms with van der Waals surface area (Å²) < 4.78 is 27.4. The highest BCUT2D eigenvalue weighted by Crippen LogP contribution is 2.29. The van der Waals surface area contributed by atoms with Gasteiger partial charge in [-0.2, -0.15) is 0 Å². The van der Waals surface area contributed by atoms with Gasteiger partial charge in [0.25, 0.3) is 10.0 Å². The topological polar surface area (TPSA) is 72.2 Å². The Bertz CT molecular complexity index is 738. The van der Waals surface area contributed by atoms with Gasteiger partial charge in [-0.05, 0) is 43.2 Å². The molecule has 3 N–H and O–H groups in total. The molecule has 0 spiro atoms. The first-order valence-electron chi connectivity index (χ1n) is 5.95. The van der Waals surface area contributed by atoms with Crippen molar-refractivity contribution in [3.8, 4) is 0 Å². The summed E-state index contributed by atoms with van der Waals surface area (Å²) in [6.45, 7) is 3.72. The average molecular weight is 311 g/mol. The van der Waals surface area contributed by atoms with E-state index < -0.39 is 10.0 Å². The third-order valence-corrected chi connectivity index (χ3v) is 4.81. The molecular weight excluding hydrogens is 296 g/mol. The van der Waals surface area contributed by atoms with Crippen LogP contribution in [-0.2, 0) is 10.0 Å². The molecule has 0 heterocycles. The van der Waals surface area contributed by atoms with Gasteiger partial charge in [-0.25, -0.2) is 8.42 Å². The Hall–Kier alpha value is -1.72. The molecule has 0 radical (unpaired) electrons. The number of nitrogens with two attached hydrogens (primary N) is 1. The lowest BCUT2D eigenvalue weighted by Gasteiger charge is -2.13. The molecule has 2 rings (SSSR count). The first-order valence-corrected chi connectivity index (χ1v) is 7.81. The minimum Gasteiger partial charge on any atom is -0.398 e. The maximum atomic E-state index is 12.4. The van der Waals surface area contributed by atoms with Crippen molar-refractivity contribution in [2.75, 3.05) is 10.5 Å². The molecule has 20 heavy (non-hydrogen) atoms. The predicted molar refractivity (Wildman–Crippen MR) is 82.6 cm³/mol. The van der Waals surface area contributed by atoms with E-state index in [4.69, 9.17) is 17.3 Å². The molecule has 0 atom stereocenters. The summed E-state index contributed by atoms with van der Waals surface area (Å²) in [5.74, 6) is 0. The van der Waals surface area contributed by atoms with Crippen LogP contribution in [0.1, 0.15) is 11.1 Å². The van der Waals surface area contributed by atoms with Gasteiger partial charge in [-0.15, -0.1) is 0 Å². The quantitative estimate of drug-likeness (QED) is 0.854. The molecule has 6 heteroatoms. The number of halogens is 1. The van der Waals surface area contributed by atoms with Crippen molar-refractivity contribution in [2.45, 2.75) is 18.7 Å².